The summed E-state index contributed by atoms with van der Waals surface area (Å²) in [7, 11) is 3.07. The van der Waals surface area contributed by atoms with E-state index in [9.17, 15) is 4.79 Å². The molecule has 106 valence electrons. The first kappa shape index (κ1) is 14.6. The Hall–Kier alpha value is -1.80. The molecule has 0 aromatic carbocycles. The molecule has 8 heteroatoms. The van der Waals surface area contributed by atoms with E-state index in [-0.39, 0.29) is 11.5 Å². The first-order chi connectivity index (χ1) is 9.67. The third-order valence-electron chi connectivity index (χ3n) is 2.60. The van der Waals surface area contributed by atoms with E-state index in [1.54, 1.807) is 18.0 Å². The number of aromatic nitrogens is 4. The number of hydrogen-bond acceptors (Lipinski definition) is 6. The van der Waals surface area contributed by atoms with Gasteiger partial charge >= 0.3 is 0 Å². The van der Waals surface area contributed by atoms with E-state index < -0.39 is 0 Å². The molecule has 0 saturated heterocycles. The average Bonchev–Trinajstić information content (AvgIpc) is 2.85. The number of ketones is 1. The molecule has 7 nitrogen and oxygen atoms in total. The van der Waals surface area contributed by atoms with Gasteiger partial charge in [-0.1, -0.05) is 0 Å². The van der Waals surface area contributed by atoms with Crippen LogP contribution in [0.3, 0.4) is 0 Å². The Bertz CT molecular complexity index is 614. The molecular weight excluding hydrogens is 328 g/mol. The fourth-order valence-corrected chi connectivity index (χ4v) is 2.11. The van der Waals surface area contributed by atoms with Gasteiger partial charge in [0.05, 0.1) is 30.9 Å². The van der Waals surface area contributed by atoms with Crippen LogP contribution in [0.5, 0.6) is 5.88 Å². The fraction of sp³-hybridized carbons (Fsp3) is 0.333. The maximum absolute atomic E-state index is 12.5. The lowest BCUT2D eigenvalue weighted by molar-refractivity contribution is 0.101. The van der Waals surface area contributed by atoms with Crippen molar-refractivity contribution in [3.8, 4) is 5.88 Å². The Kier molecular flexibility index (Phi) is 4.80. The molecule has 2 heterocycles. The lowest BCUT2D eigenvalue weighted by Crippen LogP contribution is -2.16. The minimum atomic E-state index is -0.258. The second-order valence-electron chi connectivity index (χ2n) is 3.83. The van der Waals surface area contributed by atoms with Crippen LogP contribution in [0.2, 0.25) is 0 Å². The first-order valence-electron chi connectivity index (χ1n) is 5.78. The molecule has 0 aliphatic carbocycles. The van der Waals surface area contributed by atoms with Crippen LogP contribution in [-0.2, 0) is 11.3 Å². The average molecular weight is 341 g/mol. The SMILES string of the molecule is COCCn1ncc(Br)c1C(=O)c1cc(OC)ncn1. The number of nitrogens with zero attached hydrogens (tertiary/aromatic N) is 4. The molecule has 2 aromatic heterocycles. The zero-order valence-electron chi connectivity index (χ0n) is 11.0. The van der Waals surface area contributed by atoms with Crippen molar-refractivity contribution in [3.63, 3.8) is 0 Å². The summed E-state index contributed by atoms with van der Waals surface area (Å²) in [5.74, 6) is 0.0774. The second-order valence-corrected chi connectivity index (χ2v) is 4.69. The minimum absolute atomic E-state index is 0.247. The Balaban J connectivity index is 2.34. The summed E-state index contributed by atoms with van der Waals surface area (Å²) in [6.45, 7) is 0.937. The highest BCUT2D eigenvalue weighted by Crippen LogP contribution is 2.20. The molecule has 0 fully saturated rings. The van der Waals surface area contributed by atoms with Gasteiger partial charge in [0.25, 0.3) is 0 Å². The second kappa shape index (κ2) is 6.58. The van der Waals surface area contributed by atoms with E-state index in [2.05, 4.69) is 31.0 Å². The van der Waals surface area contributed by atoms with Gasteiger partial charge in [-0.3, -0.25) is 9.48 Å². The molecule has 0 aliphatic heterocycles. The third-order valence-corrected chi connectivity index (χ3v) is 3.18. The van der Waals surface area contributed by atoms with Gasteiger partial charge in [-0.05, 0) is 15.9 Å². The predicted octanol–water partition coefficient (Wildman–Crippen LogP) is 1.32. The van der Waals surface area contributed by atoms with E-state index in [0.717, 1.165) is 0 Å². The Morgan fingerprint density at radius 3 is 2.90 bits per heavy atom. The van der Waals surface area contributed by atoms with Crippen molar-refractivity contribution in [3.05, 3.63) is 34.5 Å². The molecule has 0 radical (unpaired) electrons. The fourth-order valence-electron chi connectivity index (χ4n) is 1.63. The Morgan fingerprint density at radius 1 is 1.40 bits per heavy atom. The number of rotatable bonds is 6. The van der Waals surface area contributed by atoms with E-state index >= 15 is 0 Å². The summed E-state index contributed by atoms with van der Waals surface area (Å²) in [5.41, 5.74) is 0.666. The molecule has 2 aromatic rings. The monoisotopic (exact) mass is 340 g/mol. The molecular formula is C12H13BrN4O3. The summed E-state index contributed by atoms with van der Waals surface area (Å²) in [5, 5.41) is 4.14. The number of carbonyl (C=O) groups excluding carboxylic acids is 1. The highest BCUT2D eigenvalue weighted by atomic mass is 79.9. The molecule has 0 unspecified atom stereocenters. The smallest absolute Gasteiger partial charge is 0.230 e. The maximum Gasteiger partial charge on any atom is 0.230 e. The lowest BCUT2D eigenvalue weighted by atomic mass is 10.2. The zero-order valence-corrected chi connectivity index (χ0v) is 12.6. The predicted molar refractivity (Wildman–Crippen MR) is 73.8 cm³/mol. The largest absolute Gasteiger partial charge is 0.481 e. The van der Waals surface area contributed by atoms with Gasteiger partial charge in [-0.25, -0.2) is 9.97 Å². The number of ether oxygens (including phenoxy) is 2. The van der Waals surface area contributed by atoms with E-state index in [0.29, 0.717) is 29.2 Å². The number of methoxy groups -OCH3 is 2. The number of hydrogen-bond donors (Lipinski definition) is 0. The van der Waals surface area contributed by atoms with Gasteiger partial charge in [0.15, 0.2) is 0 Å². The molecule has 0 atom stereocenters. The molecule has 20 heavy (non-hydrogen) atoms. The van der Waals surface area contributed by atoms with Crippen LogP contribution in [-0.4, -0.2) is 46.4 Å². The summed E-state index contributed by atoms with van der Waals surface area (Å²) < 4.78 is 12.2. The van der Waals surface area contributed by atoms with Crippen LogP contribution in [0.1, 0.15) is 16.2 Å². The zero-order chi connectivity index (χ0) is 14.5. The van der Waals surface area contributed by atoms with Crippen molar-refractivity contribution in [2.75, 3.05) is 20.8 Å². The van der Waals surface area contributed by atoms with Crippen LogP contribution >= 0.6 is 15.9 Å². The third kappa shape index (κ3) is 3.02. The van der Waals surface area contributed by atoms with Crippen LogP contribution < -0.4 is 4.74 Å². The molecule has 0 amide bonds. The normalized spacial score (nSPS) is 10.6. The highest BCUT2D eigenvalue weighted by Gasteiger charge is 2.20. The quantitative estimate of drug-likeness (QED) is 0.738. The van der Waals surface area contributed by atoms with Gasteiger partial charge in [0, 0.05) is 13.2 Å². The molecule has 0 bridgehead atoms. The summed E-state index contributed by atoms with van der Waals surface area (Å²) in [4.78, 5) is 20.4. The van der Waals surface area contributed by atoms with Crippen molar-refractivity contribution < 1.29 is 14.3 Å². The molecule has 0 aliphatic rings. The van der Waals surface area contributed by atoms with Crippen molar-refractivity contribution in [1.82, 2.24) is 19.7 Å². The van der Waals surface area contributed by atoms with Crippen LogP contribution in [0.25, 0.3) is 0 Å². The van der Waals surface area contributed by atoms with Crippen molar-refractivity contribution in [2.24, 2.45) is 0 Å². The van der Waals surface area contributed by atoms with E-state index in [1.165, 1.54) is 19.5 Å². The number of halogens is 1. The van der Waals surface area contributed by atoms with Crippen LogP contribution in [0.4, 0.5) is 0 Å². The summed E-state index contributed by atoms with van der Waals surface area (Å²) in [6.07, 6.45) is 2.86. The van der Waals surface area contributed by atoms with Gasteiger partial charge < -0.3 is 9.47 Å². The molecule has 0 saturated carbocycles. The van der Waals surface area contributed by atoms with Gasteiger partial charge in [-0.2, -0.15) is 5.10 Å². The summed E-state index contributed by atoms with van der Waals surface area (Å²) >= 11 is 3.32. The van der Waals surface area contributed by atoms with Gasteiger partial charge in [-0.15, -0.1) is 0 Å². The van der Waals surface area contributed by atoms with Gasteiger partial charge in [0.1, 0.15) is 17.7 Å². The standard InChI is InChI=1S/C12H13BrN4O3/c1-19-4-3-17-11(8(13)6-16-17)12(18)9-5-10(20-2)15-7-14-9/h5-7H,3-4H2,1-2H3. The Morgan fingerprint density at radius 2 is 2.20 bits per heavy atom. The lowest BCUT2D eigenvalue weighted by Gasteiger charge is -2.07. The number of carbonyl (C=O) groups is 1. The van der Waals surface area contributed by atoms with Gasteiger partial charge in [0.2, 0.25) is 11.7 Å². The van der Waals surface area contributed by atoms with Crippen LogP contribution in [0.15, 0.2) is 23.1 Å². The molecule has 0 N–H and O–H groups in total. The van der Waals surface area contributed by atoms with Crippen molar-refractivity contribution in [2.45, 2.75) is 6.54 Å². The topological polar surface area (TPSA) is 79.1 Å². The molecule has 2 rings (SSSR count). The first-order valence-corrected chi connectivity index (χ1v) is 6.57. The summed E-state index contributed by atoms with van der Waals surface area (Å²) in [6, 6.07) is 1.49. The van der Waals surface area contributed by atoms with E-state index in [1.807, 2.05) is 0 Å². The van der Waals surface area contributed by atoms with Crippen molar-refractivity contribution in [1.29, 1.82) is 0 Å². The maximum atomic E-state index is 12.5. The van der Waals surface area contributed by atoms with Crippen LogP contribution in [0, 0.1) is 0 Å². The highest BCUT2D eigenvalue weighted by molar-refractivity contribution is 9.10. The molecule has 0 spiro atoms. The minimum Gasteiger partial charge on any atom is -0.481 e. The van der Waals surface area contributed by atoms with E-state index in [4.69, 9.17) is 9.47 Å². The van der Waals surface area contributed by atoms with Crippen molar-refractivity contribution >= 4 is 21.7 Å². The Labute approximate surface area is 124 Å².